The van der Waals surface area contributed by atoms with Crippen LogP contribution in [0.1, 0.15) is 15.9 Å². The Morgan fingerprint density at radius 3 is 2.62 bits per heavy atom. The minimum absolute atomic E-state index is 0.0585. The van der Waals surface area contributed by atoms with Crippen LogP contribution in [0.25, 0.3) is 11.5 Å². The number of morpholine rings is 1. The number of amides is 2. The van der Waals surface area contributed by atoms with Gasteiger partial charge in [0.05, 0.1) is 19.0 Å². The Labute approximate surface area is 194 Å². The van der Waals surface area contributed by atoms with Gasteiger partial charge in [0.25, 0.3) is 11.1 Å². The van der Waals surface area contributed by atoms with E-state index in [2.05, 4.69) is 15.5 Å². The minimum atomic E-state index is -0.236. The number of nitrogens with zero attached hydrogens (tertiary/aromatic N) is 3. The second kappa shape index (κ2) is 10.2. The molecule has 0 aliphatic carbocycles. The molecule has 3 aromatic rings. The highest BCUT2D eigenvalue weighted by atomic mass is 35.5. The van der Waals surface area contributed by atoms with Crippen molar-refractivity contribution < 1.29 is 18.7 Å². The molecular weight excluding hydrogens is 452 g/mol. The van der Waals surface area contributed by atoms with Crippen molar-refractivity contribution in [3.05, 3.63) is 58.6 Å². The lowest BCUT2D eigenvalue weighted by atomic mass is 10.1. The number of hydrogen-bond acceptors (Lipinski definition) is 7. The predicted molar refractivity (Wildman–Crippen MR) is 122 cm³/mol. The Bertz CT molecular complexity index is 1110. The van der Waals surface area contributed by atoms with E-state index in [1.165, 1.54) is 0 Å². The fourth-order valence-corrected chi connectivity index (χ4v) is 3.92. The lowest BCUT2D eigenvalue weighted by molar-refractivity contribution is -0.113. The molecule has 1 aliphatic rings. The number of rotatable bonds is 6. The molecular formula is C22H21ClN4O4S. The number of aromatic nitrogens is 2. The zero-order chi connectivity index (χ0) is 22.5. The van der Waals surface area contributed by atoms with Crippen LogP contribution in [-0.2, 0) is 9.53 Å². The van der Waals surface area contributed by atoms with Gasteiger partial charge in [0.2, 0.25) is 11.8 Å². The van der Waals surface area contributed by atoms with Gasteiger partial charge >= 0.3 is 0 Å². The van der Waals surface area contributed by atoms with E-state index < -0.39 is 0 Å². The van der Waals surface area contributed by atoms with Crippen molar-refractivity contribution in [1.29, 1.82) is 0 Å². The van der Waals surface area contributed by atoms with Crippen molar-refractivity contribution in [1.82, 2.24) is 15.1 Å². The van der Waals surface area contributed by atoms with Crippen LogP contribution in [0.3, 0.4) is 0 Å². The third-order valence-electron chi connectivity index (χ3n) is 4.96. The molecule has 0 unspecified atom stereocenters. The van der Waals surface area contributed by atoms with Gasteiger partial charge in [0.1, 0.15) is 0 Å². The van der Waals surface area contributed by atoms with Gasteiger partial charge in [-0.2, -0.15) is 0 Å². The number of thioether (sulfide) groups is 1. The molecule has 4 rings (SSSR count). The van der Waals surface area contributed by atoms with Gasteiger partial charge in [-0.15, -0.1) is 10.2 Å². The summed E-state index contributed by atoms with van der Waals surface area (Å²) in [6, 6.07) is 12.4. The maximum Gasteiger partial charge on any atom is 0.277 e. The third kappa shape index (κ3) is 5.29. The van der Waals surface area contributed by atoms with Gasteiger partial charge in [-0.25, -0.2) is 0 Å². The molecule has 166 valence electrons. The van der Waals surface area contributed by atoms with Crippen molar-refractivity contribution in [3.8, 4) is 11.5 Å². The summed E-state index contributed by atoms with van der Waals surface area (Å²) in [5.74, 6) is 0.149. The molecule has 0 atom stereocenters. The number of anilines is 1. The Kier molecular flexibility index (Phi) is 7.09. The summed E-state index contributed by atoms with van der Waals surface area (Å²) in [4.78, 5) is 27.1. The lowest BCUT2D eigenvalue weighted by Gasteiger charge is -2.27. The average molecular weight is 473 g/mol. The SMILES string of the molecule is Cc1c(NC(=O)CSc2nnc(-c3ccc(Cl)cc3)o2)cccc1C(=O)N1CCOCC1. The van der Waals surface area contributed by atoms with Crippen molar-refractivity contribution in [3.63, 3.8) is 0 Å². The van der Waals surface area contributed by atoms with E-state index in [0.717, 1.165) is 22.9 Å². The lowest BCUT2D eigenvalue weighted by Crippen LogP contribution is -2.41. The standard InChI is InChI=1S/C22H21ClN4O4S/c1-14-17(21(29)27-9-11-30-12-10-27)3-2-4-18(14)24-19(28)13-32-22-26-25-20(31-22)15-5-7-16(23)8-6-15/h2-8H,9-13H2,1H3,(H,24,28). The highest BCUT2D eigenvalue weighted by Crippen LogP contribution is 2.25. The van der Waals surface area contributed by atoms with Crippen LogP contribution in [0.15, 0.2) is 52.1 Å². The molecule has 1 saturated heterocycles. The van der Waals surface area contributed by atoms with Gasteiger partial charge in [0.15, 0.2) is 0 Å². The summed E-state index contributed by atoms with van der Waals surface area (Å²) < 4.78 is 10.9. The van der Waals surface area contributed by atoms with Gasteiger partial charge in [-0.3, -0.25) is 9.59 Å². The molecule has 0 bridgehead atoms. The molecule has 1 fully saturated rings. The molecule has 1 aliphatic heterocycles. The van der Waals surface area contributed by atoms with Gasteiger partial charge in [-0.05, 0) is 48.9 Å². The van der Waals surface area contributed by atoms with Crippen LogP contribution >= 0.6 is 23.4 Å². The van der Waals surface area contributed by atoms with Gasteiger partial charge in [-0.1, -0.05) is 29.4 Å². The summed E-state index contributed by atoms with van der Waals surface area (Å²) in [5, 5.41) is 11.7. The number of hydrogen-bond donors (Lipinski definition) is 1. The number of halogens is 1. The van der Waals surface area contributed by atoms with Gasteiger partial charge in [0, 0.05) is 34.9 Å². The maximum atomic E-state index is 12.8. The zero-order valence-corrected chi connectivity index (χ0v) is 18.9. The number of carbonyl (C=O) groups excluding carboxylic acids is 2. The van der Waals surface area contributed by atoms with Crippen molar-refractivity contribution in [2.45, 2.75) is 12.1 Å². The van der Waals surface area contributed by atoms with E-state index in [1.807, 2.05) is 6.92 Å². The largest absolute Gasteiger partial charge is 0.411 e. The molecule has 8 nitrogen and oxygen atoms in total. The van der Waals surface area contributed by atoms with E-state index >= 15 is 0 Å². The van der Waals surface area contributed by atoms with Crippen LogP contribution in [0, 0.1) is 6.92 Å². The molecule has 1 aromatic heterocycles. The minimum Gasteiger partial charge on any atom is -0.411 e. The maximum absolute atomic E-state index is 12.8. The third-order valence-corrected chi connectivity index (χ3v) is 6.03. The Morgan fingerprint density at radius 1 is 1.12 bits per heavy atom. The Balaban J connectivity index is 1.36. The van der Waals surface area contributed by atoms with E-state index in [4.69, 9.17) is 20.8 Å². The van der Waals surface area contributed by atoms with E-state index in [1.54, 1.807) is 47.4 Å². The smallest absolute Gasteiger partial charge is 0.277 e. The number of nitrogens with one attached hydrogen (secondary N) is 1. The molecule has 1 N–H and O–H groups in total. The first-order valence-corrected chi connectivity index (χ1v) is 11.4. The molecule has 2 aromatic carbocycles. The normalized spacial score (nSPS) is 13.8. The van der Waals surface area contributed by atoms with Gasteiger partial charge < -0.3 is 19.4 Å². The van der Waals surface area contributed by atoms with Crippen LogP contribution in [0.4, 0.5) is 5.69 Å². The van der Waals surface area contributed by atoms with E-state index in [9.17, 15) is 9.59 Å². The molecule has 10 heteroatoms. The predicted octanol–water partition coefficient (Wildman–Crippen LogP) is 3.90. The molecule has 2 amide bonds. The molecule has 0 saturated carbocycles. The summed E-state index contributed by atoms with van der Waals surface area (Å²) in [7, 11) is 0. The van der Waals surface area contributed by atoms with Crippen LogP contribution in [0.5, 0.6) is 0 Å². The van der Waals surface area contributed by atoms with Crippen LogP contribution < -0.4 is 5.32 Å². The van der Waals surface area contributed by atoms with Crippen molar-refractivity contribution in [2.75, 3.05) is 37.4 Å². The monoisotopic (exact) mass is 472 g/mol. The Morgan fingerprint density at radius 2 is 1.88 bits per heavy atom. The molecule has 32 heavy (non-hydrogen) atoms. The number of ether oxygens (including phenoxy) is 1. The van der Waals surface area contributed by atoms with Crippen molar-refractivity contribution >= 4 is 40.9 Å². The topological polar surface area (TPSA) is 97.6 Å². The van der Waals surface area contributed by atoms with Crippen molar-refractivity contribution in [2.24, 2.45) is 0 Å². The highest BCUT2D eigenvalue weighted by molar-refractivity contribution is 7.99. The first-order valence-electron chi connectivity index (χ1n) is 10.00. The number of carbonyl (C=O) groups is 2. The fraction of sp³-hybridized carbons (Fsp3) is 0.273. The summed E-state index contributed by atoms with van der Waals surface area (Å²) in [5.41, 5.74) is 2.64. The molecule has 0 spiro atoms. The number of benzene rings is 2. The average Bonchev–Trinajstić information content (AvgIpc) is 3.29. The molecule has 0 radical (unpaired) electrons. The fourth-order valence-electron chi connectivity index (χ4n) is 3.23. The Hall–Kier alpha value is -2.88. The quantitative estimate of drug-likeness (QED) is 0.543. The first-order chi connectivity index (χ1) is 15.5. The van der Waals surface area contributed by atoms with Crippen LogP contribution in [-0.4, -0.2) is 59.0 Å². The zero-order valence-electron chi connectivity index (χ0n) is 17.3. The summed E-state index contributed by atoms with van der Waals surface area (Å²) in [6.07, 6.45) is 0. The van der Waals surface area contributed by atoms with E-state index in [0.29, 0.717) is 48.5 Å². The van der Waals surface area contributed by atoms with E-state index in [-0.39, 0.29) is 22.8 Å². The molecule has 2 heterocycles. The summed E-state index contributed by atoms with van der Waals surface area (Å²) in [6.45, 7) is 4.02. The second-order valence-corrected chi connectivity index (χ2v) is 8.46. The first kappa shape index (κ1) is 22.3. The summed E-state index contributed by atoms with van der Waals surface area (Å²) >= 11 is 7.03. The van der Waals surface area contributed by atoms with Crippen LogP contribution in [0.2, 0.25) is 5.02 Å². The highest BCUT2D eigenvalue weighted by Gasteiger charge is 2.21. The second-order valence-electron chi connectivity index (χ2n) is 7.10.